The third-order valence-corrected chi connectivity index (χ3v) is 1.49. The minimum Gasteiger partial charge on any atom is -0.486 e. The zero-order valence-corrected chi connectivity index (χ0v) is 7.26. The van der Waals surface area contributed by atoms with Crippen LogP contribution in [0.4, 0.5) is 8.78 Å². The van der Waals surface area contributed by atoms with Gasteiger partial charge in [-0.2, -0.15) is 5.26 Å². The summed E-state index contributed by atoms with van der Waals surface area (Å²) in [5.74, 6) is -2.28. The van der Waals surface area contributed by atoms with Crippen LogP contribution in [0.2, 0.25) is 0 Å². The Morgan fingerprint density at radius 2 is 1.93 bits per heavy atom. The van der Waals surface area contributed by atoms with Crippen LogP contribution in [0.5, 0.6) is 5.75 Å². The van der Waals surface area contributed by atoms with Crippen LogP contribution in [0.15, 0.2) is 12.1 Å². The standard InChI is InChI=1S/C9H8F2N2O/c10-7-3-6(5-13)4-8(11)9(7)14-2-1-12/h3-4H,1-2,12H2. The molecule has 1 aromatic carbocycles. The zero-order valence-electron chi connectivity index (χ0n) is 7.26. The predicted octanol–water partition coefficient (Wildman–Crippen LogP) is 1.17. The maximum absolute atomic E-state index is 13.1. The van der Waals surface area contributed by atoms with E-state index in [2.05, 4.69) is 0 Å². The average molecular weight is 198 g/mol. The molecule has 1 rings (SSSR count). The smallest absolute Gasteiger partial charge is 0.190 e. The van der Waals surface area contributed by atoms with Crippen molar-refractivity contribution < 1.29 is 13.5 Å². The van der Waals surface area contributed by atoms with E-state index >= 15 is 0 Å². The Hall–Kier alpha value is -1.67. The second kappa shape index (κ2) is 4.53. The molecule has 0 saturated heterocycles. The largest absolute Gasteiger partial charge is 0.486 e. The van der Waals surface area contributed by atoms with E-state index in [0.29, 0.717) is 0 Å². The lowest BCUT2D eigenvalue weighted by Gasteiger charge is -2.06. The highest BCUT2D eigenvalue weighted by Crippen LogP contribution is 2.22. The molecule has 0 aliphatic heterocycles. The van der Waals surface area contributed by atoms with Gasteiger partial charge < -0.3 is 10.5 Å². The maximum Gasteiger partial charge on any atom is 0.190 e. The Kier molecular flexibility index (Phi) is 3.37. The number of nitrogens with zero attached hydrogens (tertiary/aromatic N) is 1. The molecule has 0 aromatic heterocycles. The van der Waals surface area contributed by atoms with E-state index in [1.807, 2.05) is 0 Å². The number of benzene rings is 1. The summed E-state index contributed by atoms with van der Waals surface area (Å²) < 4.78 is 30.9. The molecule has 0 atom stereocenters. The lowest BCUT2D eigenvalue weighted by molar-refractivity contribution is 0.293. The van der Waals surface area contributed by atoms with Crippen LogP contribution < -0.4 is 10.5 Å². The van der Waals surface area contributed by atoms with Crippen LogP contribution in [0, 0.1) is 23.0 Å². The third kappa shape index (κ3) is 2.18. The van der Waals surface area contributed by atoms with E-state index in [-0.39, 0.29) is 18.7 Å². The molecule has 14 heavy (non-hydrogen) atoms. The maximum atomic E-state index is 13.1. The van der Waals surface area contributed by atoms with Gasteiger partial charge >= 0.3 is 0 Å². The van der Waals surface area contributed by atoms with Crippen molar-refractivity contribution in [2.45, 2.75) is 0 Å². The van der Waals surface area contributed by atoms with Gasteiger partial charge in [-0.05, 0) is 12.1 Å². The van der Waals surface area contributed by atoms with Crippen LogP contribution >= 0.6 is 0 Å². The molecule has 0 radical (unpaired) electrons. The Morgan fingerprint density at radius 1 is 1.36 bits per heavy atom. The van der Waals surface area contributed by atoms with Crippen LogP contribution in [-0.2, 0) is 0 Å². The number of hydrogen-bond donors (Lipinski definition) is 1. The van der Waals surface area contributed by atoms with Crippen LogP contribution in [0.3, 0.4) is 0 Å². The molecular weight excluding hydrogens is 190 g/mol. The third-order valence-electron chi connectivity index (χ3n) is 1.49. The van der Waals surface area contributed by atoms with E-state index < -0.39 is 17.4 Å². The van der Waals surface area contributed by atoms with Gasteiger partial charge in [-0.3, -0.25) is 0 Å². The normalized spacial score (nSPS) is 9.57. The van der Waals surface area contributed by atoms with E-state index in [4.69, 9.17) is 15.7 Å². The van der Waals surface area contributed by atoms with Crippen molar-refractivity contribution >= 4 is 0 Å². The summed E-state index contributed by atoms with van der Waals surface area (Å²) in [6, 6.07) is 3.45. The molecule has 1 aromatic rings. The van der Waals surface area contributed by atoms with Crippen molar-refractivity contribution in [2.75, 3.05) is 13.2 Å². The van der Waals surface area contributed by atoms with Gasteiger partial charge in [0.05, 0.1) is 11.6 Å². The van der Waals surface area contributed by atoms with Gasteiger partial charge in [0, 0.05) is 6.54 Å². The van der Waals surface area contributed by atoms with Crippen molar-refractivity contribution in [3.8, 4) is 11.8 Å². The van der Waals surface area contributed by atoms with Crippen molar-refractivity contribution in [3.63, 3.8) is 0 Å². The molecule has 0 fully saturated rings. The fourth-order valence-corrected chi connectivity index (χ4v) is 0.923. The van der Waals surface area contributed by atoms with Gasteiger partial charge in [-0.1, -0.05) is 0 Å². The SMILES string of the molecule is N#Cc1cc(F)c(OCCN)c(F)c1. The van der Waals surface area contributed by atoms with Crippen molar-refractivity contribution in [3.05, 3.63) is 29.3 Å². The number of rotatable bonds is 3. The number of nitriles is 1. The van der Waals surface area contributed by atoms with Gasteiger partial charge in [0.25, 0.3) is 0 Å². The first kappa shape index (κ1) is 10.4. The number of nitrogens with two attached hydrogens (primary N) is 1. The minimum atomic E-state index is -0.894. The van der Waals surface area contributed by atoms with E-state index in [1.54, 1.807) is 6.07 Å². The van der Waals surface area contributed by atoms with Crippen LogP contribution in [0.1, 0.15) is 5.56 Å². The van der Waals surface area contributed by atoms with Gasteiger partial charge in [0.2, 0.25) is 0 Å². The summed E-state index contributed by atoms with van der Waals surface area (Å²) in [4.78, 5) is 0. The first-order chi connectivity index (χ1) is 6.69. The molecule has 0 aliphatic rings. The molecule has 0 aliphatic carbocycles. The summed E-state index contributed by atoms with van der Waals surface area (Å²) in [6.45, 7) is 0.193. The zero-order chi connectivity index (χ0) is 10.6. The number of hydrogen-bond acceptors (Lipinski definition) is 3. The fraction of sp³-hybridized carbons (Fsp3) is 0.222. The van der Waals surface area contributed by atoms with E-state index in [1.165, 1.54) is 0 Å². The van der Waals surface area contributed by atoms with Crippen molar-refractivity contribution in [1.29, 1.82) is 5.26 Å². The minimum absolute atomic E-state index is 0.0275. The lowest BCUT2D eigenvalue weighted by Crippen LogP contribution is -2.12. The van der Waals surface area contributed by atoms with Crippen molar-refractivity contribution in [2.24, 2.45) is 5.73 Å². The topological polar surface area (TPSA) is 59.0 Å². The highest BCUT2D eigenvalue weighted by atomic mass is 19.1. The molecule has 3 nitrogen and oxygen atoms in total. The molecule has 74 valence electrons. The van der Waals surface area contributed by atoms with Gasteiger partial charge in [-0.25, -0.2) is 8.78 Å². The number of ether oxygens (including phenoxy) is 1. The Bertz CT molecular complexity index is 351. The van der Waals surface area contributed by atoms with Crippen LogP contribution in [0.25, 0.3) is 0 Å². The molecule has 0 saturated carbocycles. The molecule has 0 amide bonds. The first-order valence-electron chi connectivity index (χ1n) is 3.91. The van der Waals surface area contributed by atoms with Gasteiger partial charge in [0.15, 0.2) is 17.4 Å². The number of halogens is 2. The molecule has 0 bridgehead atoms. The Labute approximate surface area is 79.7 Å². The first-order valence-corrected chi connectivity index (χ1v) is 3.91. The Morgan fingerprint density at radius 3 is 2.36 bits per heavy atom. The summed E-state index contributed by atoms with van der Waals surface area (Å²) in [5.41, 5.74) is 5.03. The van der Waals surface area contributed by atoms with Crippen molar-refractivity contribution in [1.82, 2.24) is 0 Å². The van der Waals surface area contributed by atoms with Gasteiger partial charge in [-0.15, -0.1) is 0 Å². The Balaban J connectivity index is 3.01. The summed E-state index contributed by atoms with van der Waals surface area (Å²) in [5, 5.41) is 8.41. The molecule has 0 unspecified atom stereocenters. The molecule has 0 spiro atoms. The summed E-state index contributed by atoms with van der Waals surface area (Å²) in [7, 11) is 0. The fourth-order valence-electron chi connectivity index (χ4n) is 0.923. The van der Waals surface area contributed by atoms with E-state index in [0.717, 1.165) is 12.1 Å². The van der Waals surface area contributed by atoms with Gasteiger partial charge in [0.1, 0.15) is 6.61 Å². The molecule has 0 heterocycles. The highest BCUT2D eigenvalue weighted by Gasteiger charge is 2.11. The van der Waals surface area contributed by atoms with E-state index in [9.17, 15) is 8.78 Å². The predicted molar refractivity (Wildman–Crippen MR) is 45.6 cm³/mol. The average Bonchev–Trinajstić information content (AvgIpc) is 2.16. The summed E-state index contributed by atoms with van der Waals surface area (Å²) in [6.07, 6.45) is 0. The quantitative estimate of drug-likeness (QED) is 0.793. The lowest BCUT2D eigenvalue weighted by atomic mass is 10.2. The highest BCUT2D eigenvalue weighted by molar-refractivity contribution is 5.37. The molecule has 2 N–H and O–H groups in total. The summed E-state index contributed by atoms with van der Waals surface area (Å²) >= 11 is 0. The molecule has 5 heteroatoms. The monoisotopic (exact) mass is 198 g/mol. The molecular formula is C9H8F2N2O. The second-order valence-electron chi connectivity index (χ2n) is 2.52. The van der Waals surface area contributed by atoms with Crippen LogP contribution in [-0.4, -0.2) is 13.2 Å². The second-order valence-corrected chi connectivity index (χ2v) is 2.52.